The number of benzene rings is 1. The molecule has 0 aliphatic carbocycles. The van der Waals surface area contributed by atoms with E-state index in [-0.39, 0.29) is 5.89 Å². The number of aliphatic imine (C=N–C) groups is 2. The second-order valence-corrected chi connectivity index (χ2v) is 5.68. The zero-order valence-electron chi connectivity index (χ0n) is 13.7. The van der Waals surface area contributed by atoms with Gasteiger partial charge in [0.15, 0.2) is 5.70 Å². The summed E-state index contributed by atoms with van der Waals surface area (Å²) in [5.74, 6) is 0.925. The van der Waals surface area contributed by atoms with Crippen molar-refractivity contribution in [2.75, 3.05) is 0 Å². The molecule has 25 heavy (non-hydrogen) atoms. The van der Waals surface area contributed by atoms with Gasteiger partial charge in [-0.25, -0.2) is 4.99 Å². The van der Waals surface area contributed by atoms with Crippen LogP contribution in [0.4, 0.5) is 0 Å². The van der Waals surface area contributed by atoms with Crippen molar-refractivity contribution in [2.45, 2.75) is 13.8 Å². The number of halogens is 1. The number of hydrogen-bond acceptors (Lipinski definition) is 6. The van der Waals surface area contributed by atoms with Crippen LogP contribution < -0.4 is 5.73 Å². The smallest absolute Gasteiger partial charge is 0.268 e. The Morgan fingerprint density at radius 3 is 2.72 bits per heavy atom. The van der Waals surface area contributed by atoms with E-state index in [4.69, 9.17) is 21.8 Å². The number of aromatic nitrogens is 3. The molecule has 0 unspecified atom stereocenters. The van der Waals surface area contributed by atoms with E-state index in [1.807, 2.05) is 18.2 Å². The summed E-state index contributed by atoms with van der Waals surface area (Å²) in [6.07, 6.45) is 1.69. The van der Waals surface area contributed by atoms with Crippen LogP contribution in [0.5, 0.6) is 0 Å². The first-order valence-corrected chi connectivity index (χ1v) is 7.74. The molecule has 0 fully saturated rings. The summed E-state index contributed by atoms with van der Waals surface area (Å²) in [5.41, 5.74) is 7.91. The van der Waals surface area contributed by atoms with E-state index >= 15 is 0 Å². The van der Waals surface area contributed by atoms with Gasteiger partial charge in [0, 0.05) is 24.1 Å². The Morgan fingerprint density at radius 1 is 1.28 bits per heavy atom. The Labute approximate surface area is 149 Å². The zero-order chi connectivity index (χ0) is 18.0. The standard InChI is InChI=1S/C17H15ClN6O/c1-9(19)22-16(17-24-23-10(2)25-17)15(20-3)12-7-11-5-4-6-21-14(11)13(18)8-12/h4-8H,3H2,1-2H3,(H2,19,22)/b16-15-. The largest absolute Gasteiger partial charge is 0.420 e. The Balaban J connectivity index is 2.30. The predicted molar refractivity (Wildman–Crippen MR) is 99.4 cm³/mol. The molecule has 0 saturated heterocycles. The Morgan fingerprint density at radius 2 is 2.08 bits per heavy atom. The summed E-state index contributed by atoms with van der Waals surface area (Å²) in [5, 5.41) is 9.19. The van der Waals surface area contributed by atoms with Crippen LogP contribution in [-0.2, 0) is 0 Å². The van der Waals surface area contributed by atoms with Gasteiger partial charge in [-0.3, -0.25) is 9.98 Å². The quantitative estimate of drug-likeness (QED) is 0.570. The van der Waals surface area contributed by atoms with Crippen LogP contribution in [0, 0.1) is 6.92 Å². The highest BCUT2D eigenvalue weighted by Gasteiger charge is 2.17. The molecule has 3 aromatic rings. The molecular weight excluding hydrogens is 340 g/mol. The SMILES string of the molecule is C=N/C(=C(\N=C(/C)N)c1nnc(C)o1)c1cc(Cl)c2ncccc2c1. The molecule has 0 bridgehead atoms. The number of aryl methyl sites for hydroxylation is 1. The lowest BCUT2D eigenvalue weighted by atomic mass is 10.1. The molecule has 0 atom stereocenters. The van der Waals surface area contributed by atoms with Crippen LogP contribution in [0.3, 0.4) is 0 Å². The van der Waals surface area contributed by atoms with Gasteiger partial charge in [0.2, 0.25) is 5.89 Å². The maximum atomic E-state index is 6.36. The topological polar surface area (TPSA) is 103 Å². The van der Waals surface area contributed by atoms with Crippen LogP contribution in [0.2, 0.25) is 5.02 Å². The van der Waals surface area contributed by atoms with Gasteiger partial charge in [-0.1, -0.05) is 17.7 Å². The number of nitrogens with zero attached hydrogens (tertiary/aromatic N) is 5. The summed E-state index contributed by atoms with van der Waals surface area (Å²) in [6, 6.07) is 7.37. The van der Waals surface area contributed by atoms with Crippen LogP contribution in [0.1, 0.15) is 24.3 Å². The molecule has 0 spiro atoms. The monoisotopic (exact) mass is 354 g/mol. The lowest BCUT2D eigenvalue weighted by Crippen LogP contribution is -2.06. The van der Waals surface area contributed by atoms with Crippen molar-refractivity contribution in [2.24, 2.45) is 15.7 Å². The second kappa shape index (κ2) is 6.82. The molecule has 3 rings (SSSR count). The van der Waals surface area contributed by atoms with E-state index in [0.29, 0.717) is 39.2 Å². The van der Waals surface area contributed by atoms with Crippen molar-refractivity contribution >= 4 is 46.5 Å². The highest BCUT2D eigenvalue weighted by molar-refractivity contribution is 6.35. The van der Waals surface area contributed by atoms with Gasteiger partial charge in [-0.15, -0.1) is 10.2 Å². The number of amidine groups is 1. The van der Waals surface area contributed by atoms with Crippen molar-refractivity contribution < 1.29 is 4.42 Å². The molecule has 7 nitrogen and oxygen atoms in total. The first-order chi connectivity index (χ1) is 12.0. The molecule has 8 heteroatoms. The molecule has 126 valence electrons. The third-order valence-electron chi connectivity index (χ3n) is 3.33. The average Bonchev–Trinajstić information content (AvgIpc) is 3.01. The van der Waals surface area contributed by atoms with Gasteiger partial charge in [-0.2, -0.15) is 0 Å². The van der Waals surface area contributed by atoms with Crippen molar-refractivity contribution in [1.29, 1.82) is 0 Å². The summed E-state index contributed by atoms with van der Waals surface area (Å²) < 4.78 is 5.49. The minimum Gasteiger partial charge on any atom is -0.420 e. The lowest BCUT2D eigenvalue weighted by molar-refractivity contribution is 0.505. The molecule has 0 radical (unpaired) electrons. The second-order valence-electron chi connectivity index (χ2n) is 5.27. The molecule has 2 aromatic heterocycles. The molecule has 2 N–H and O–H groups in total. The van der Waals surface area contributed by atoms with Crippen LogP contribution in [0.15, 0.2) is 44.9 Å². The normalized spacial score (nSPS) is 13.0. The summed E-state index contributed by atoms with van der Waals surface area (Å²) in [4.78, 5) is 12.7. The number of hydrogen-bond donors (Lipinski definition) is 1. The van der Waals surface area contributed by atoms with Crippen LogP contribution in [0.25, 0.3) is 22.3 Å². The van der Waals surface area contributed by atoms with E-state index < -0.39 is 0 Å². The number of nitrogens with two attached hydrogens (primary N) is 1. The number of fused-ring (bicyclic) bond motifs is 1. The fourth-order valence-electron chi connectivity index (χ4n) is 2.36. The lowest BCUT2D eigenvalue weighted by Gasteiger charge is -2.08. The molecule has 0 aliphatic rings. The van der Waals surface area contributed by atoms with Gasteiger partial charge in [-0.05, 0) is 31.8 Å². The highest BCUT2D eigenvalue weighted by Crippen LogP contribution is 2.32. The molecule has 2 heterocycles. The van der Waals surface area contributed by atoms with Crippen molar-refractivity contribution in [1.82, 2.24) is 15.2 Å². The summed E-state index contributed by atoms with van der Waals surface area (Å²) in [6.45, 7) is 6.98. The van der Waals surface area contributed by atoms with E-state index in [1.165, 1.54) is 0 Å². The van der Waals surface area contributed by atoms with Crippen molar-refractivity contribution in [3.05, 3.63) is 52.8 Å². The highest BCUT2D eigenvalue weighted by atomic mass is 35.5. The Kier molecular flexibility index (Phi) is 4.58. The zero-order valence-corrected chi connectivity index (χ0v) is 14.4. The fraction of sp³-hybridized carbons (Fsp3) is 0.118. The fourth-order valence-corrected chi connectivity index (χ4v) is 2.63. The third kappa shape index (κ3) is 3.41. The van der Waals surface area contributed by atoms with E-state index in [0.717, 1.165) is 5.39 Å². The predicted octanol–water partition coefficient (Wildman–Crippen LogP) is 3.48. The Bertz CT molecular complexity index is 1020. The van der Waals surface area contributed by atoms with Crippen molar-refractivity contribution in [3.8, 4) is 0 Å². The summed E-state index contributed by atoms with van der Waals surface area (Å²) in [7, 11) is 0. The van der Waals surface area contributed by atoms with Gasteiger partial charge in [0.05, 0.1) is 16.4 Å². The van der Waals surface area contributed by atoms with E-state index in [2.05, 4.69) is 31.9 Å². The number of pyridine rings is 1. The third-order valence-corrected chi connectivity index (χ3v) is 3.62. The minimum absolute atomic E-state index is 0.201. The molecule has 0 saturated carbocycles. The van der Waals surface area contributed by atoms with Gasteiger partial charge < -0.3 is 10.2 Å². The van der Waals surface area contributed by atoms with Crippen LogP contribution in [-0.4, -0.2) is 27.7 Å². The maximum absolute atomic E-state index is 6.36. The Hall–Kier alpha value is -3.06. The average molecular weight is 355 g/mol. The summed E-state index contributed by atoms with van der Waals surface area (Å²) >= 11 is 6.36. The van der Waals surface area contributed by atoms with Crippen LogP contribution >= 0.6 is 11.6 Å². The van der Waals surface area contributed by atoms with Gasteiger partial charge in [0.1, 0.15) is 5.70 Å². The molecular formula is C17H15ClN6O. The van der Waals surface area contributed by atoms with Gasteiger partial charge in [0.25, 0.3) is 5.89 Å². The van der Waals surface area contributed by atoms with E-state index in [9.17, 15) is 0 Å². The van der Waals surface area contributed by atoms with Gasteiger partial charge >= 0.3 is 0 Å². The number of rotatable bonds is 4. The first-order valence-electron chi connectivity index (χ1n) is 7.36. The minimum atomic E-state index is 0.201. The maximum Gasteiger partial charge on any atom is 0.268 e. The molecule has 1 aromatic carbocycles. The molecule has 0 amide bonds. The van der Waals surface area contributed by atoms with Crippen molar-refractivity contribution in [3.63, 3.8) is 0 Å². The van der Waals surface area contributed by atoms with E-state index in [1.54, 1.807) is 26.1 Å². The first kappa shape index (κ1) is 16.8. The molecule has 0 aliphatic heterocycles.